The minimum atomic E-state index is 0.0590. The molecule has 1 saturated carbocycles. The maximum absolute atomic E-state index is 12.3. The lowest BCUT2D eigenvalue weighted by atomic mass is 9.78. The van der Waals surface area contributed by atoms with E-state index in [1.54, 1.807) is 0 Å². The molecule has 1 aliphatic carbocycles. The molecule has 0 saturated heterocycles. The standard InChI is InChI=1S/C18H17NO/c1-12-6-8-13(9-7-12)16-18(10-11-18)15-5-3-2-4-14(15)17(20)19-16/h2-9,16H,10-11H2,1H3,(H,19,20). The highest BCUT2D eigenvalue weighted by molar-refractivity contribution is 5.98. The van der Waals surface area contributed by atoms with Crippen molar-refractivity contribution in [3.63, 3.8) is 0 Å². The summed E-state index contributed by atoms with van der Waals surface area (Å²) in [7, 11) is 0. The third-order valence-corrected chi connectivity index (χ3v) is 4.74. The summed E-state index contributed by atoms with van der Waals surface area (Å²) in [5, 5.41) is 3.22. The molecule has 1 unspecified atom stereocenters. The van der Waals surface area contributed by atoms with Crippen molar-refractivity contribution in [1.29, 1.82) is 0 Å². The van der Waals surface area contributed by atoms with Gasteiger partial charge < -0.3 is 5.32 Å². The summed E-state index contributed by atoms with van der Waals surface area (Å²) in [6, 6.07) is 16.7. The Kier molecular flexibility index (Phi) is 2.31. The van der Waals surface area contributed by atoms with Crippen molar-refractivity contribution in [2.75, 3.05) is 0 Å². The minimum Gasteiger partial charge on any atom is -0.344 e. The molecule has 2 heteroatoms. The molecule has 0 bridgehead atoms. The van der Waals surface area contributed by atoms with Crippen LogP contribution in [0.1, 0.15) is 45.9 Å². The van der Waals surface area contributed by atoms with E-state index in [1.807, 2.05) is 18.2 Å². The van der Waals surface area contributed by atoms with Crippen LogP contribution in [-0.2, 0) is 5.41 Å². The summed E-state index contributed by atoms with van der Waals surface area (Å²) in [5.74, 6) is 0.0590. The molecule has 2 aromatic carbocycles. The van der Waals surface area contributed by atoms with E-state index < -0.39 is 0 Å². The third kappa shape index (κ3) is 1.54. The van der Waals surface area contributed by atoms with Crippen molar-refractivity contribution in [2.24, 2.45) is 0 Å². The number of rotatable bonds is 1. The Morgan fingerprint density at radius 2 is 1.75 bits per heavy atom. The number of aryl methyl sites for hydroxylation is 1. The van der Waals surface area contributed by atoms with Crippen LogP contribution in [0, 0.1) is 6.92 Å². The molecule has 1 N–H and O–H groups in total. The number of amides is 1. The molecule has 1 spiro atoms. The Hall–Kier alpha value is -2.09. The van der Waals surface area contributed by atoms with E-state index in [2.05, 4.69) is 42.6 Å². The lowest BCUT2D eigenvalue weighted by molar-refractivity contribution is 0.0909. The number of hydrogen-bond donors (Lipinski definition) is 1. The molecule has 1 heterocycles. The molecule has 1 atom stereocenters. The first-order chi connectivity index (χ1) is 9.71. The number of nitrogens with one attached hydrogen (secondary N) is 1. The van der Waals surface area contributed by atoms with Gasteiger partial charge in [0.1, 0.15) is 0 Å². The molecule has 1 fully saturated rings. The van der Waals surface area contributed by atoms with E-state index in [9.17, 15) is 4.79 Å². The molecule has 1 aliphatic heterocycles. The maximum atomic E-state index is 12.3. The van der Waals surface area contributed by atoms with Crippen LogP contribution in [0.15, 0.2) is 48.5 Å². The summed E-state index contributed by atoms with van der Waals surface area (Å²) < 4.78 is 0. The quantitative estimate of drug-likeness (QED) is 0.838. The van der Waals surface area contributed by atoms with Gasteiger partial charge in [-0.25, -0.2) is 0 Å². The van der Waals surface area contributed by atoms with Gasteiger partial charge in [-0.2, -0.15) is 0 Å². The molecule has 0 radical (unpaired) electrons. The van der Waals surface area contributed by atoms with Gasteiger partial charge in [-0.3, -0.25) is 4.79 Å². The van der Waals surface area contributed by atoms with Crippen LogP contribution in [0.5, 0.6) is 0 Å². The second kappa shape index (κ2) is 3.95. The van der Waals surface area contributed by atoms with Crippen molar-refractivity contribution < 1.29 is 4.79 Å². The van der Waals surface area contributed by atoms with Crippen LogP contribution in [0.4, 0.5) is 0 Å². The van der Waals surface area contributed by atoms with Crippen LogP contribution in [0.3, 0.4) is 0 Å². The van der Waals surface area contributed by atoms with Gasteiger partial charge in [0, 0.05) is 11.0 Å². The van der Waals surface area contributed by atoms with Gasteiger partial charge >= 0.3 is 0 Å². The molecule has 2 aliphatic rings. The van der Waals surface area contributed by atoms with Crippen LogP contribution in [0.25, 0.3) is 0 Å². The second-order valence-corrected chi connectivity index (χ2v) is 6.02. The lowest BCUT2D eigenvalue weighted by Crippen LogP contribution is -2.42. The Labute approximate surface area is 118 Å². The number of carbonyl (C=O) groups excluding carboxylic acids is 1. The topological polar surface area (TPSA) is 29.1 Å². The molecule has 1 amide bonds. The van der Waals surface area contributed by atoms with E-state index in [-0.39, 0.29) is 17.4 Å². The normalized spacial score (nSPS) is 22.2. The maximum Gasteiger partial charge on any atom is 0.252 e. The molecule has 0 aromatic heterocycles. The average Bonchev–Trinajstić information content (AvgIpc) is 3.26. The second-order valence-electron chi connectivity index (χ2n) is 6.02. The Balaban J connectivity index is 1.84. The molecule has 20 heavy (non-hydrogen) atoms. The van der Waals surface area contributed by atoms with E-state index in [1.165, 1.54) is 16.7 Å². The summed E-state index contributed by atoms with van der Waals surface area (Å²) in [4.78, 5) is 12.3. The van der Waals surface area contributed by atoms with Crippen LogP contribution >= 0.6 is 0 Å². The molecule has 2 aromatic rings. The van der Waals surface area contributed by atoms with E-state index in [4.69, 9.17) is 0 Å². The van der Waals surface area contributed by atoms with Crippen molar-refractivity contribution in [3.8, 4) is 0 Å². The smallest absolute Gasteiger partial charge is 0.252 e. The fourth-order valence-corrected chi connectivity index (χ4v) is 3.47. The molecule has 100 valence electrons. The summed E-state index contributed by atoms with van der Waals surface area (Å²) in [5.41, 5.74) is 4.68. The van der Waals surface area contributed by atoms with Crippen molar-refractivity contribution in [3.05, 3.63) is 70.8 Å². The average molecular weight is 263 g/mol. The molecular formula is C18H17NO. The predicted molar refractivity (Wildman–Crippen MR) is 78.7 cm³/mol. The minimum absolute atomic E-state index is 0.0590. The van der Waals surface area contributed by atoms with Crippen molar-refractivity contribution >= 4 is 5.91 Å². The number of fused-ring (bicyclic) bond motifs is 2. The summed E-state index contributed by atoms with van der Waals surface area (Å²) in [6.45, 7) is 2.09. The molecular weight excluding hydrogens is 246 g/mol. The van der Waals surface area contributed by atoms with Gasteiger partial charge in [0.05, 0.1) is 6.04 Å². The largest absolute Gasteiger partial charge is 0.344 e. The van der Waals surface area contributed by atoms with Gasteiger partial charge in [-0.15, -0.1) is 0 Å². The van der Waals surface area contributed by atoms with E-state index in [0.29, 0.717) is 0 Å². The molecule has 4 rings (SSSR count). The zero-order valence-corrected chi connectivity index (χ0v) is 11.5. The number of benzene rings is 2. The van der Waals surface area contributed by atoms with Gasteiger partial charge in [-0.1, -0.05) is 48.0 Å². The predicted octanol–water partition coefficient (Wildman–Crippen LogP) is 3.51. The highest BCUT2D eigenvalue weighted by atomic mass is 16.1. The van der Waals surface area contributed by atoms with Gasteiger partial charge in [0.15, 0.2) is 0 Å². The Bertz CT molecular complexity index is 683. The lowest BCUT2D eigenvalue weighted by Gasteiger charge is -2.35. The van der Waals surface area contributed by atoms with E-state index >= 15 is 0 Å². The zero-order valence-electron chi connectivity index (χ0n) is 11.5. The third-order valence-electron chi connectivity index (χ3n) is 4.74. The first-order valence-corrected chi connectivity index (χ1v) is 7.18. The number of carbonyl (C=O) groups is 1. The Morgan fingerprint density at radius 1 is 1.05 bits per heavy atom. The highest BCUT2D eigenvalue weighted by Crippen LogP contribution is 2.59. The van der Waals surface area contributed by atoms with E-state index in [0.717, 1.165) is 18.4 Å². The zero-order chi connectivity index (χ0) is 13.7. The van der Waals surface area contributed by atoms with Crippen molar-refractivity contribution in [1.82, 2.24) is 5.32 Å². The SMILES string of the molecule is Cc1ccc(C2NC(=O)c3ccccc3C23CC3)cc1. The molecule has 2 nitrogen and oxygen atoms in total. The first-order valence-electron chi connectivity index (χ1n) is 7.18. The summed E-state index contributed by atoms with van der Waals surface area (Å²) in [6.07, 6.45) is 2.31. The van der Waals surface area contributed by atoms with Gasteiger partial charge in [0.25, 0.3) is 5.91 Å². The first kappa shape index (κ1) is 11.7. The monoisotopic (exact) mass is 263 g/mol. The summed E-state index contributed by atoms with van der Waals surface area (Å²) >= 11 is 0. The Morgan fingerprint density at radius 3 is 2.45 bits per heavy atom. The fraction of sp³-hybridized carbons (Fsp3) is 0.278. The highest BCUT2D eigenvalue weighted by Gasteiger charge is 2.55. The van der Waals surface area contributed by atoms with Gasteiger partial charge in [-0.05, 0) is 37.0 Å². The van der Waals surface area contributed by atoms with Crippen LogP contribution < -0.4 is 5.32 Å². The van der Waals surface area contributed by atoms with Gasteiger partial charge in [0.2, 0.25) is 0 Å². The van der Waals surface area contributed by atoms with Crippen molar-refractivity contribution in [2.45, 2.75) is 31.2 Å². The fourth-order valence-electron chi connectivity index (χ4n) is 3.47. The van der Waals surface area contributed by atoms with Crippen LogP contribution in [-0.4, -0.2) is 5.91 Å². The van der Waals surface area contributed by atoms with Crippen LogP contribution in [0.2, 0.25) is 0 Å². The number of hydrogen-bond acceptors (Lipinski definition) is 1.